The van der Waals surface area contributed by atoms with Crippen LogP contribution in [0.1, 0.15) is 62.1 Å². The van der Waals surface area contributed by atoms with Crippen LogP contribution in [0.4, 0.5) is 0 Å². The third-order valence-electron chi connectivity index (χ3n) is 7.83. The number of carboxylic acids is 6. The summed E-state index contributed by atoms with van der Waals surface area (Å²) in [6.45, 7) is 0. The molecule has 6 aromatic carbocycles. The zero-order valence-corrected chi connectivity index (χ0v) is 42.8. The van der Waals surface area contributed by atoms with Crippen LogP contribution in [0.5, 0.6) is 103 Å². The maximum absolute atomic E-state index is 10.2. The maximum atomic E-state index is 10.2. The van der Waals surface area contributed by atoms with E-state index >= 15 is 0 Å². The number of carboxylic acid groups (broad SMARTS) is 6. The molecule has 1 radical (unpaired) electrons. The number of carbonyl (C=O) groups excluding carboxylic acids is 6. The molecule has 0 aliphatic rings. The number of hydrogen-bond donors (Lipinski definition) is 18. The average Bonchev–Trinajstić information content (AvgIpc) is 3.29. The molecule has 0 atom stereocenters. The number of phenols is 18. The molecule has 18 N–H and O–H groups in total. The van der Waals surface area contributed by atoms with Gasteiger partial charge in [0.25, 0.3) is 0 Å². The van der Waals surface area contributed by atoms with Crippen molar-refractivity contribution in [2.75, 3.05) is 0 Å². The molecule has 0 heterocycles. The summed E-state index contributed by atoms with van der Waals surface area (Å²) in [5, 5.41) is 220. The summed E-state index contributed by atoms with van der Waals surface area (Å²) >= 11 is 0. The van der Waals surface area contributed by atoms with Crippen LogP contribution < -0.4 is 30.6 Å². The summed E-state index contributed by atoms with van der Waals surface area (Å²) < 4.78 is 0. The monoisotopic (exact) mass is 1290 g/mol. The Morgan fingerprint density at radius 3 is 0.338 bits per heavy atom. The van der Waals surface area contributed by atoms with Gasteiger partial charge in [-0.2, -0.15) is 0 Å². The Balaban J connectivity index is 0. The van der Waals surface area contributed by atoms with Crippen LogP contribution in [-0.2, 0) is 0 Å². The first-order valence-electron chi connectivity index (χ1n) is 17.9. The van der Waals surface area contributed by atoms with Gasteiger partial charge in [-0.25, -0.2) is 0 Å². The van der Waals surface area contributed by atoms with E-state index in [0.29, 0.717) is 0 Å². The summed E-state index contributed by atoms with van der Waals surface area (Å²) in [5.41, 5.74) is -2.40. The molecular formula is C42H30LaNdO30. The van der Waals surface area contributed by atoms with Crippen molar-refractivity contribution in [3.05, 3.63) is 106 Å². The summed E-state index contributed by atoms with van der Waals surface area (Å²) in [6, 6.07) is 9.39. The third-order valence-corrected chi connectivity index (χ3v) is 7.83. The van der Waals surface area contributed by atoms with Gasteiger partial charge in [0.2, 0.25) is 0 Å². The van der Waals surface area contributed by atoms with Crippen molar-refractivity contribution in [1.29, 1.82) is 0 Å². The zero-order valence-electron chi connectivity index (χ0n) is 36.0. The summed E-state index contributed by atoms with van der Waals surface area (Å²) in [4.78, 5) is 61.2. The van der Waals surface area contributed by atoms with E-state index in [0.717, 1.165) is 72.8 Å². The maximum Gasteiger partial charge on any atom is 3.00 e. The Bertz CT molecular complexity index is 2380. The van der Waals surface area contributed by atoms with Crippen molar-refractivity contribution in [2.45, 2.75) is 0 Å². The number of aromatic carboxylic acids is 6. The summed E-state index contributed by atoms with van der Waals surface area (Å²) in [6.07, 6.45) is 0. The van der Waals surface area contributed by atoms with Crippen molar-refractivity contribution < 1.29 is 228 Å². The van der Waals surface area contributed by atoms with Crippen LogP contribution in [-0.4, -0.2) is 128 Å². The van der Waals surface area contributed by atoms with Crippen molar-refractivity contribution in [2.24, 2.45) is 0 Å². The van der Waals surface area contributed by atoms with Gasteiger partial charge in [-0.15, -0.1) is 0 Å². The number of benzene rings is 6. The normalized spacial score (nSPS) is 9.41. The SMILES string of the molecule is O=C([O-])c1cc(O)c(O)c(O)c1.O=C([O-])c1cc(O)c(O)c(O)c1.O=C([O-])c1cc(O)c(O)c(O)c1.O=C([O-])c1cc(O)c(O)c(O)c1.O=C([O-])c1cc(O)c(O)c(O)c1.O=C([O-])c1cc(O)c(O)c(O)c1.[La+3].[Nd+3]. The van der Waals surface area contributed by atoms with E-state index in [1.54, 1.807) is 0 Å². The van der Waals surface area contributed by atoms with Crippen molar-refractivity contribution in [3.8, 4) is 103 Å². The Hall–Kier alpha value is -8.91. The van der Waals surface area contributed by atoms with Gasteiger partial charge in [0.05, 0.1) is 35.8 Å². The number of phenolic OH excluding ortho intramolecular Hbond substituents is 18. The second kappa shape index (κ2) is 29.4. The number of rotatable bonds is 6. The van der Waals surface area contributed by atoms with E-state index in [2.05, 4.69) is 0 Å². The second-order valence-corrected chi connectivity index (χ2v) is 12.9. The Labute approximate surface area is 469 Å². The van der Waals surface area contributed by atoms with Crippen LogP contribution in [0, 0.1) is 76.4 Å². The quantitative estimate of drug-likeness (QED) is 0.0694. The number of aromatic hydroxyl groups is 18. The molecule has 0 aliphatic heterocycles. The van der Waals surface area contributed by atoms with Crippen LogP contribution in [0.15, 0.2) is 72.8 Å². The Morgan fingerprint density at radius 2 is 0.284 bits per heavy atom. The molecule has 0 spiro atoms. The smallest absolute Gasteiger partial charge is 0.545 e. The fraction of sp³-hybridized carbons (Fsp3) is 0. The predicted molar refractivity (Wildman–Crippen MR) is 215 cm³/mol. The number of hydrogen-bond acceptors (Lipinski definition) is 30. The molecule has 6 aromatic rings. The van der Waals surface area contributed by atoms with Crippen LogP contribution in [0.2, 0.25) is 0 Å². The first-order valence-corrected chi connectivity index (χ1v) is 17.9. The molecule has 6 rings (SSSR count). The average molecular weight is 1300 g/mol. The van der Waals surface area contributed by atoms with Crippen LogP contribution in [0.25, 0.3) is 0 Å². The zero-order chi connectivity index (χ0) is 55.8. The standard InChI is InChI=1S/6C7H6O5.La.Nd/c6*8-4-1-3(7(11)12)2-5(9)6(4)10;;/h6*1-2,8-10H,(H,11,12);;/q;;;;;;2*+3/p-6. The molecule has 30 nitrogen and oxygen atoms in total. The third kappa shape index (κ3) is 19.7. The molecule has 0 aliphatic carbocycles. The van der Waals surface area contributed by atoms with E-state index in [1.165, 1.54) is 0 Å². The molecule has 74 heavy (non-hydrogen) atoms. The minimum atomic E-state index is -1.54. The van der Waals surface area contributed by atoms with Crippen LogP contribution in [0.3, 0.4) is 0 Å². The fourth-order valence-electron chi connectivity index (χ4n) is 4.33. The second-order valence-electron chi connectivity index (χ2n) is 12.9. The van der Waals surface area contributed by atoms with Crippen molar-refractivity contribution in [3.63, 3.8) is 0 Å². The van der Waals surface area contributed by atoms with E-state index in [-0.39, 0.29) is 76.4 Å². The summed E-state index contributed by atoms with van der Waals surface area (Å²) in [5.74, 6) is -22.1. The van der Waals surface area contributed by atoms with Gasteiger partial charge in [-0.05, 0) is 72.8 Å². The number of carbonyl (C=O) groups is 6. The fourth-order valence-corrected chi connectivity index (χ4v) is 4.33. The molecule has 0 fully saturated rings. The topological polar surface area (TPSA) is 605 Å². The van der Waals surface area contributed by atoms with Gasteiger partial charge < -0.3 is 151 Å². The van der Waals surface area contributed by atoms with Crippen LogP contribution >= 0.6 is 0 Å². The van der Waals surface area contributed by atoms with Gasteiger partial charge in [0.15, 0.2) is 103 Å². The first-order chi connectivity index (χ1) is 33.1. The first kappa shape index (κ1) is 67.2. The molecule has 0 unspecified atom stereocenters. The molecule has 0 amide bonds. The molecule has 0 bridgehead atoms. The van der Waals surface area contributed by atoms with E-state index < -0.39 is 173 Å². The van der Waals surface area contributed by atoms with Gasteiger partial charge in [-0.3, -0.25) is 0 Å². The Morgan fingerprint density at radius 1 is 0.216 bits per heavy atom. The molecule has 0 aromatic heterocycles. The van der Waals surface area contributed by atoms with Crippen molar-refractivity contribution >= 4 is 35.8 Å². The van der Waals surface area contributed by atoms with E-state index in [1.807, 2.05) is 0 Å². The van der Waals surface area contributed by atoms with Gasteiger partial charge in [0, 0.05) is 33.4 Å². The molecule has 0 saturated carbocycles. The molecule has 32 heteroatoms. The van der Waals surface area contributed by atoms with Gasteiger partial charge in [-0.1, -0.05) is 0 Å². The molecule has 385 valence electrons. The van der Waals surface area contributed by atoms with Gasteiger partial charge >= 0.3 is 76.4 Å². The predicted octanol–water partition coefficient (Wildman–Crippen LogP) is -5.00. The van der Waals surface area contributed by atoms with E-state index in [9.17, 15) is 59.4 Å². The van der Waals surface area contributed by atoms with Crippen molar-refractivity contribution in [1.82, 2.24) is 0 Å². The molecular weight excluding hydrogens is 1270 g/mol. The largest absolute Gasteiger partial charge is 3.00 e. The Kier molecular flexibility index (Phi) is 26.7. The summed E-state index contributed by atoms with van der Waals surface area (Å²) in [7, 11) is 0. The minimum absolute atomic E-state index is 0. The molecule has 0 saturated heterocycles. The minimum Gasteiger partial charge on any atom is -0.545 e. The van der Waals surface area contributed by atoms with E-state index in [4.69, 9.17) is 91.9 Å². The van der Waals surface area contributed by atoms with Gasteiger partial charge in [0.1, 0.15) is 0 Å².